The summed E-state index contributed by atoms with van der Waals surface area (Å²) in [4.78, 5) is 60.2. The van der Waals surface area contributed by atoms with Gasteiger partial charge in [0, 0.05) is 30.8 Å². The number of aliphatic carboxylic acids is 1. The number of aliphatic hydroxyl groups is 3. The quantitative estimate of drug-likeness (QED) is 0.213. The maximum atomic E-state index is 13.4. The molecule has 0 unspecified atom stereocenters. The number of phenolic OH excluding ortho intramolecular Hbond substituents is 1. The van der Waals surface area contributed by atoms with E-state index in [2.05, 4.69) is 5.32 Å². The first kappa shape index (κ1) is 24.9. The Bertz CT molecular complexity index is 1290. The zero-order valence-electron chi connectivity index (χ0n) is 18.9. The molecule has 0 saturated heterocycles. The number of primary amides is 1. The van der Waals surface area contributed by atoms with Crippen LogP contribution in [0.2, 0.25) is 0 Å². The standard InChI is InChI=1S/C24H24N2O10/c25-23(35)18-13(27)8-11-7-10-6-9-4-5-12(26-14(28)2-1-3-15(29)30)19(31)16(9)20(32)17(10)21(33)24(11,36)22(18)34/h4-5,10-11,31-32,34,36H,1-3,6-8H2,(H2,25,35)(H,26,28)(H,29,30)/t10-,11-,24-/m0/s1. The molecule has 1 aromatic carbocycles. The average molecular weight is 500 g/mol. The molecule has 0 bridgehead atoms. The number of carboxylic acid groups (broad SMARTS) is 1. The number of Topliss-reactive ketones (excluding diaryl/α,β-unsaturated/α-hetero) is 2. The molecule has 36 heavy (non-hydrogen) atoms. The van der Waals surface area contributed by atoms with Gasteiger partial charge in [0.15, 0.2) is 11.4 Å². The van der Waals surface area contributed by atoms with Crippen LogP contribution in [0.5, 0.6) is 5.75 Å². The molecular weight excluding hydrogens is 476 g/mol. The first-order valence-corrected chi connectivity index (χ1v) is 11.2. The van der Waals surface area contributed by atoms with E-state index in [1.165, 1.54) is 12.1 Å². The molecular formula is C24H24N2O10. The Hall–Kier alpha value is -4.19. The molecule has 2 amide bonds. The number of fused-ring (bicyclic) bond motifs is 3. The minimum Gasteiger partial charge on any atom is -0.508 e. The molecule has 1 fully saturated rings. The fourth-order valence-corrected chi connectivity index (χ4v) is 5.31. The molecule has 1 aromatic rings. The molecule has 8 N–H and O–H groups in total. The van der Waals surface area contributed by atoms with Crippen LogP contribution in [-0.2, 0) is 30.4 Å². The third-order valence-corrected chi connectivity index (χ3v) is 7.00. The Morgan fingerprint density at radius 1 is 1.08 bits per heavy atom. The van der Waals surface area contributed by atoms with Gasteiger partial charge >= 0.3 is 5.97 Å². The Morgan fingerprint density at radius 2 is 1.78 bits per heavy atom. The van der Waals surface area contributed by atoms with E-state index < -0.39 is 76.0 Å². The number of nitrogens with two attached hydrogens (primary N) is 1. The van der Waals surface area contributed by atoms with Crippen molar-refractivity contribution in [2.75, 3.05) is 5.32 Å². The lowest BCUT2D eigenvalue weighted by atomic mass is 9.59. The van der Waals surface area contributed by atoms with E-state index in [1.807, 2.05) is 0 Å². The third kappa shape index (κ3) is 3.79. The SMILES string of the molecule is NC(=O)C1=C(O)[C@@]2(O)C(=O)C3=C(O)c4c(ccc(NC(=O)CCCC(=O)O)c4O)C[C@H]3C[C@H]2CC1=O. The van der Waals surface area contributed by atoms with Gasteiger partial charge in [-0.15, -0.1) is 0 Å². The molecule has 12 nitrogen and oxygen atoms in total. The number of carboxylic acids is 1. The van der Waals surface area contributed by atoms with E-state index in [9.17, 15) is 44.4 Å². The highest BCUT2D eigenvalue weighted by atomic mass is 16.4. The predicted octanol–water partition coefficient (Wildman–Crippen LogP) is 0.617. The molecule has 0 radical (unpaired) electrons. The van der Waals surface area contributed by atoms with Gasteiger partial charge in [0.05, 0.1) is 11.3 Å². The summed E-state index contributed by atoms with van der Waals surface area (Å²) in [5.41, 5.74) is 1.57. The highest BCUT2D eigenvalue weighted by Gasteiger charge is 2.60. The summed E-state index contributed by atoms with van der Waals surface area (Å²) in [6.45, 7) is 0. The number of anilines is 1. The van der Waals surface area contributed by atoms with Crippen LogP contribution < -0.4 is 11.1 Å². The summed E-state index contributed by atoms with van der Waals surface area (Å²) in [7, 11) is 0. The van der Waals surface area contributed by atoms with E-state index in [4.69, 9.17) is 10.8 Å². The largest absolute Gasteiger partial charge is 0.508 e. The molecule has 0 aromatic heterocycles. The number of hydrogen-bond donors (Lipinski definition) is 7. The van der Waals surface area contributed by atoms with Crippen LogP contribution in [-0.4, -0.2) is 60.5 Å². The van der Waals surface area contributed by atoms with Gasteiger partial charge in [0.1, 0.15) is 22.8 Å². The molecule has 3 aliphatic carbocycles. The van der Waals surface area contributed by atoms with Gasteiger partial charge < -0.3 is 36.6 Å². The molecule has 3 aliphatic rings. The topological polar surface area (TPSA) is 225 Å². The monoisotopic (exact) mass is 500 g/mol. The zero-order chi connectivity index (χ0) is 26.5. The number of nitrogens with one attached hydrogen (secondary N) is 1. The van der Waals surface area contributed by atoms with E-state index in [1.54, 1.807) is 0 Å². The van der Waals surface area contributed by atoms with Crippen molar-refractivity contribution in [1.82, 2.24) is 0 Å². The first-order valence-electron chi connectivity index (χ1n) is 11.2. The van der Waals surface area contributed by atoms with E-state index in [0.717, 1.165) is 0 Å². The minimum atomic E-state index is -2.65. The van der Waals surface area contributed by atoms with Crippen LogP contribution >= 0.6 is 0 Å². The summed E-state index contributed by atoms with van der Waals surface area (Å²) in [5.74, 6) is -8.90. The van der Waals surface area contributed by atoms with Crippen molar-refractivity contribution in [3.63, 3.8) is 0 Å². The predicted molar refractivity (Wildman–Crippen MR) is 122 cm³/mol. The smallest absolute Gasteiger partial charge is 0.303 e. The third-order valence-electron chi connectivity index (χ3n) is 7.00. The molecule has 3 atom stereocenters. The zero-order valence-corrected chi connectivity index (χ0v) is 18.9. The van der Waals surface area contributed by atoms with Crippen LogP contribution in [0, 0.1) is 11.8 Å². The summed E-state index contributed by atoms with van der Waals surface area (Å²) in [6.07, 6.45) is -0.503. The lowest BCUT2D eigenvalue weighted by molar-refractivity contribution is -0.147. The number of benzene rings is 1. The Morgan fingerprint density at radius 3 is 2.42 bits per heavy atom. The molecule has 0 heterocycles. The van der Waals surface area contributed by atoms with Crippen LogP contribution in [0.3, 0.4) is 0 Å². The fourth-order valence-electron chi connectivity index (χ4n) is 5.31. The van der Waals surface area contributed by atoms with E-state index in [-0.39, 0.29) is 48.9 Å². The lowest BCUT2D eigenvalue weighted by Gasteiger charge is -2.46. The second-order valence-corrected chi connectivity index (χ2v) is 9.20. The van der Waals surface area contributed by atoms with Gasteiger partial charge in [0.25, 0.3) is 5.91 Å². The fraction of sp³-hybridized carbons (Fsp3) is 0.375. The second-order valence-electron chi connectivity index (χ2n) is 9.20. The normalized spacial score (nSPS) is 25.1. The maximum Gasteiger partial charge on any atom is 0.303 e. The van der Waals surface area contributed by atoms with Crippen molar-refractivity contribution in [2.24, 2.45) is 17.6 Å². The lowest BCUT2D eigenvalue weighted by Crippen LogP contribution is -2.58. The molecule has 190 valence electrons. The summed E-state index contributed by atoms with van der Waals surface area (Å²) in [5, 5.41) is 54.7. The minimum absolute atomic E-state index is 0.0196. The van der Waals surface area contributed by atoms with Crippen LogP contribution in [0.4, 0.5) is 5.69 Å². The number of ketones is 2. The molecule has 1 saturated carbocycles. The maximum absolute atomic E-state index is 13.4. The van der Waals surface area contributed by atoms with E-state index in [0.29, 0.717) is 5.56 Å². The van der Waals surface area contributed by atoms with Crippen molar-refractivity contribution >= 4 is 40.8 Å². The average Bonchev–Trinajstić information content (AvgIpc) is 2.77. The summed E-state index contributed by atoms with van der Waals surface area (Å²) >= 11 is 0. The van der Waals surface area contributed by atoms with Crippen molar-refractivity contribution < 1.29 is 49.5 Å². The number of carbonyl (C=O) groups excluding carboxylic acids is 4. The Balaban J connectivity index is 1.72. The molecule has 12 heteroatoms. The highest BCUT2D eigenvalue weighted by molar-refractivity contribution is 6.22. The number of amides is 2. The van der Waals surface area contributed by atoms with Crippen LogP contribution in [0.15, 0.2) is 29.0 Å². The number of rotatable bonds is 6. The number of carbonyl (C=O) groups is 5. The van der Waals surface area contributed by atoms with Gasteiger partial charge in [-0.1, -0.05) is 6.07 Å². The first-order chi connectivity index (χ1) is 16.9. The van der Waals surface area contributed by atoms with Crippen molar-refractivity contribution in [3.05, 3.63) is 40.2 Å². The molecule has 4 rings (SSSR count). The van der Waals surface area contributed by atoms with Gasteiger partial charge in [0.2, 0.25) is 11.7 Å². The van der Waals surface area contributed by atoms with Crippen molar-refractivity contribution in [3.8, 4) is 5.75 Å². The van der Waals surface area contributed by atoms with Crippen LogP contribution in [0.25, 0.3) is 5.76 Å². The number of phenols is 1. The number of aliphatic hydroxyl groups excluding tert-OH is 2. The van der Waals surface area contributed by atoms with E-state index >= 15 is 0 Å². The van der Waals surface area contributed by atoms with Gasteiger partial charge in [-0.25, -0.2) is 0 Å². The second kappa shape index (κ2) is 8.79. The van der Waals surface area contributed by atoms with Gasteiger partial charge in [-0.05, 0) is 36.8 Å². The van der Waals surface area contributed by atoms with Crippen LogP contribution in [0.1, 0.15) is 43.2 Å². The Kier molecular flexibility index (Phi) is 6.08. The molecule has 0 aliphatic heterocycles. The number of hydrogen-bond acceptors (Lipinski definition) is 9. The van der Waals surface area contributed by atoms with Gasteiger partial charge in [-0.2, -0.15) is 0 Å². The summed E-state index contributed by atoms with van der Waals surface area (Å²) in [6, 6.07) is 2.94. The number of aromatic hydroxyl groups is 1. The Labute approximate surface area is 203 Å². The molecule has 0 spiro atoms. The highest BCUT2D eigenvalue weighted by Crippen LogP contribution is 2.52. The van der Waals surface area contributed by atoms with Crippen molar-refractivity contribution in [2.45, 2.75) is 44.1 Å². The van der Waals surface area contributed by atoms with Crippen molar-refractivity contribution in [1.29, 1.82) is 0 Å². The van der Waals surface area contributed by atoms with Gasteiger partial charge in [-0.3, -0.25) is 24.0 Å². The summed E-state index contributed by atoms with van der Waals surface area (Å²) < 4.78 is 0.